The van der Waals surface area contributed by atoms with Gasteiger partial charge in [-0.25, -0.2) is 18.3 Å². The Morgan fingerprint density at radius 3 is 2.97 bits per heavy atom. The highest BCUT2D eigenvalue weighted by Gasteiger charge is 2.30. The molecule has 0 radical (unpaired) electrons. The predicted molar refractivity (Wildman–Crippen MR) is 128 cm³/mol. The summed E-state index contributed by atoms with van der Waals surface area (Å²) in [6, 6.07) is 5.29. The van der Waals surface area contributed by atoms with E-state index in [4.69, 9.17) is 4.98 Å². The van der Waals surface area contributed by atoms with E-state index in [-0.39, 0.29) is 23.5 Å². The lowest BCUT2D eigenvalue weighted by atomic mass is 10.0. The van der Waals surface area contributed by atoms with Gasteiger partial charge in [-0.15, -0.1) is 0 Å². The van der Waals surface area contributed by atoms with Crippen molar-refractivity contribution in [3.05, 3.63) is 65.0 Å². The number of hydrogen-bond donors (Lipinski definition) is 3. The third-order valence-corrected chi connectivity index (χ3v) is 6.70. The van der Waals surface area contributed by atoms with Crippen LogP contribution in [0.15, 0.2) is 47.8 Å². The third-order valence-electron chi connectivity index (χ3n) is 5.80. The van der Waals surface area contributed by atoms with Crippen LogP contribution in [0.3, 0.4) is 0 Å². The minimum atomic E-state index is -0.466. The highest BCUT2D eigenvalue weighted by atomic mass is 32.2. The van der Waals surface area contributed by atoms with Gasteiger partial charge in [0.25, 0.3) is 5.91 Å². The molecule has 1 aromatic carbocycles. The van der Waals surface area contributed by atoms with Gasteiger partial charge >= 0.3 is 0 Å². The fourth-order valence-electron chi connectivity index (χ4n) is 4.28. The molecule has 1 unspecified atom stereocenters. The summed E-state index contributed by atoms with van der Waals surface area (Å²) in [7, 11) is 0. The molecule has 11 heteroatoms. The summed E-state index contributed by atoms with van der Waals surface area (Å²) in [6.45, 7) is 4.74. The van der Waals surface area contributed by atoms with Gasteiger partial charge in [0.1, 0.15) is 34.3 Å². The maximum absolute atomic E-state index is 14.5. The van der Waals surface area contributed by atoms with E-state index < -0.39 is 11.6 Å². The minimum Gasteiger partial charge on any atom is -0.356 e. The summed E-state index contributed by atoms with van der Waals surface area (Å²) >= 11 is 1.50. The van der Waals surface area contributed by atoms with Crippen molar-refractivity contribution in [1.29, 1.82) is 0 Å². The molecule has 0 bridgehead atoms. The molecule has 2 aliphatic rings. The molecular weight excluding hydrogens is 460 g/mol. The van der Waals surface area contributed by atoms with E-state index >= 15 is 0 Å². The molecule has 1 amide bonds. The van der Waals surface area contributed by atoms with E-state index in [9.17, 15) is 13.6 Å². The van der Waals surface area contributed by atoms with E-state index in [0.29, 0.717) is 41.4 Å². The van der Waals surface area contributed by atoms with Gasteiger partial charge < -0.3 is 15.5 Å². The van der Waals surface area contributed by atoms with Crippen molar-refractivity contribution in [1.82, 2.24) is 25.2 Å². The average molecular weight is 486 g/mol. The molecule has 0 spiro atoms. The number of nitrogens with zero attached hydrogens (tertiary/aromatic N) is 4. The number of fused-ring (bicyclic) bond motifs is 1. The van der Waals surface area contributed by atoms with E-state index in [2.05, 4.69) is 21.0 Å². The van der Waals surface area contributed by atoms with Gasteiger partial charge in [0.05, 0.1) is 12.2 Å². The zero-order valence-corrected chi connectivity index (χ0v) is 19.6. The topological polar surface area (TPSA) is 86.6 Å². The number of nitrogens with one attached hydrogen (secondary N) is 3. The summed E-state index contributed by atoms with van der Waals surface area (Å²) in [6.07, 6.45) is 4.82. The first-order chi connectivity index (χ1) is 16.4. The minimum absolute atomic E-state index is 0.0651. The van der Waals surface area contributed by atoms with E-state index in [1.807, 2.05) is 18.7 Å². The number of amides is 1. The van der Waals surface area contributed by atoms with E-state index in [1.54, 1.807) is 28.4 Å². The quantitative estimate of drug-likeness (QED) is 0.490. The van der Waals surface area contributed by atoms with E-state index in [1.165, 1.54) is 17.8 Å². The van der Waals surface area contributed by atoms with Crippen LogP contribution in [0.1, 0.15) is 38.3 Å². The number of aromatic nitrogens is 3. The Kier molecular flexibility index (Phi) is 6.13. The van der Waals surface area contributed by atoms with Gasteiger partial charge in [0.15, 0.2) is 5.65 Å². The zero-order valence-electron chi connectivity index (χ0n) is 18.8. The molecule has 8 nitrogen and oxygen atoms in total. The standard InChI is InChI=1S/C23H25F2N7OS/c1-13(2)27-23-29-18(12-34-23)22(33)28-17-11-26-32-9-7-20(30-21(17)32)31-8-3-4-19(31)15-10-14(24)5-6-16(15)25/h5-7,9-13,19,23,27,29H,3-4,8H2,1-2H3,(H,28,33)/t19-,23?/m1/s1. The highest BCUT2D eigenvalue weighted by molar-refractivity contribution is 8.02. The molecule has 3 aromatic rings. The van der Waals surface area contributed by atoms with Gasteiger partial charge in [-0.05, 0) is 51.0 Å². The Balaban J connectivity index is 1.37. The van der Waals surface area contributed by atoms with Crippen LogP contribution in [0.4, 0.5) is 20.3 Å². The Labute approximate surface area is 199 Å². The van der Waals surface area contributed by atoms with Crippen LogP contribution in [0.5, 0.6) is 0 Å². The molecule has 2 aliphatic heterocycles. The van der Waals surface area contributed by atoms with Crippen LogP contribution >= 0.6 is 11.8 Å². The molecule has 2 aromatic heterocycles. The van der Waals surface area contributed by atoms with Gasteiger partial charge in [-0.1, -0.05) is 11.8 Å². The van der Waals surface area contributed by atoms with E-state index in [0.717, 1.165) is 18.6 Å². The van der Waals surface area contributed by atoms with Crippen LogP contribution in [0.2, 0.25) is 0 Å². The van der Waals surface area contributed by atoms with Crippen molar-refractivity contribution < 1.29 is 13.6 Å². The van der Waals surface area contributed by atoms with Crippen LogP contribution < -0.4 is 20.9 Å². The molecule has 34 heavy (non-hydrogen) atoms. The summed E-state index contributed by atoms with van der Waals surface area (Å²) in [5, 5.41) is 15.4. The Bertz CT molecular complexity index is 1260. The molecule has 0 aliphatic carbocycles. The number of carbonyl (C=O) groups is 1. The van der Waals surface area contributed by atoms with Crippen molar-refractivity contribution in [2.45, 2.75) is 44.3 Å². The maximum Gasteiger partial charge on any atom is 0.272 e. The third kappa shape index (κ3) is 4.45. The average Bonchev–Trinajstić information content (AvgIpc) is 3.55. The lowest BCUT2D eigenvalue weighted by molar-refractivity contribution is -0.113. The Morgan fingerprint density at radius 2 is 2.15 bits per heavy atom. The number of carbonyl (C=O) groups excluding carboxylic acids is 1. The zero-order chi connectivity index (χ0) is 23.8. The normalized spacial score (nSPS) is 20.1. The number of rotatable bonds is 6. The number of anilines is 2. The largest absolute Gasteiger partial charge is 0.356 e. The van der Waals surface area contributed by atoms with Crippen molar-refractivity contribution in [3.8, 4) is 0 Å². The lowest BCUT2D eigenvalue weighted by Crippen LogP contribution is -2.41. The molecular formula is C23H25F2N7OS. The van der Waals surface area contributed by atoms with Crippen molar-refractivity contribution >= 4 is 34.8 Å². The van der Waals surface area contributed by atoms with Crippen molar-refractivity contribution in [2.75, 3.05) is 16.8 Å². The fourth-order valence-corrected chi connectivity index (χ4v) is 5.27. The summed E-state index contributed by atoms with van der Waals surface area (Å²) in [5.74, 6) is -0.573. The fraction of sp³-hybridized carbons (Fsp3) is 0.348. The highest BCUT2D eigenvalue weighted by Crippen LogP contribution is 2.37. The smallest absolute Gasteiger partial charge is 0.272 e. The van der Waals surface area contributed by atoms with Crippen LogP contribution in [-0.4, -0.2) is 38.6 Å². The molecule has 2 atom stereocenters. The molecule has 1 fully saturated rings. The first-order valence-corrected chi connectivity index (χ1v) is 12.1. The molecule has 4 heterocycles. The van der Waals surface area contributed by atoms with Gasteiger partial charge in [-0.2, -0.15) is 5.10 Å². The Morgan fingerprint density at radius 1 is 1.29 bits per heavy atom. The molecule has 178 valence electrons. The molecule has 1 saturated heterocycles. The van der Waals surface area contributed by atoms with Crippen LogP contribution in [0, 0.1) is 11.6 Å². The summed E-state index contributed by atoms with van der Waals surface area (Å²) < 4.78 is 29.9. The number of thioether (sulfide) groups is 1. The second-order valence-corrected chi connectivity index (χ2v) is 9.58. The van der Waals surface area contributed by atoms with Gasteiger partial charge in [0, 0.05) is 29.8 Å². The number of halogens is 2. The second-order valence-electron chi connectivity index (χ2n) is 8.60. The van der Waals surface area contributed by atoms with Gasteiger partial charge in [0.2, 0.25) is 0 Å². The second kappa shape index (κ2) is 9.22. The van der Waals surface area contributed by atoms with Crippen LogP contribution in [0.25, 0.3) is 5.65 Å². The number of benzene rings is 1. The van der Waals surface area contributed by atoms with Crippen molar-refractivity contribution in [3.63, 3.8) is 0 Å². The van der Waals surface area contributed by atoms with Gasteiger partial charge in [-0.3, -0.25) is 10.1 Å². The Hall–Kier alpha value is -3.18. The number of hydrogen-bond acceptors (Lipinski definition) is 7. The van der Waals surface area contributed by atoms with Crippen LogP contribution in [-0.2, 0) is 4.79 Å². The SMILES string of the molecule is CC(C)NC1NC(C(=O)Nc2cnn3ccc(N4CCC[C@@H]4c4cc(F)ccc4F)nc23)=CS1. The molecule has 3 N–H and O–H groups in total. The molecule has 5 rings (SSSR count). The predicted octanol–water partition coefficient (Wildman–Crippen LogP) is 3.75. The molecule has 0 saturated carbocycles. The summed E-state index contributed by atoms with van der Waals surface area (Å²) in [5.41, 5.74) is 1.65. The monoisotopic (exact) mass is 485 g/mol. The van der Waals surface area contributed by atoms with Crippen molar-refractivity contribution in [2.24, 2.45) is 0 Å². The first kappa shape index (κ1) is 22.6. The lowest BCUT2D eigenvalue weighted by Gasteiger charge is -2.26. The maximum atomic E-state index is 14.5. The summed E-state index contributed by atoms with van der Waals surface area (Å²) in [4.78, 5) is 19.5. The first-order valence-electron chi connectivity index (χ1n) is 11.1.